The van der Waals surface area contributed by atoms with Crippen molar-refractivity contribution in [2.24, 2.45) is 5.92 Å². The van der Waals surface area contributed by atoms with Gasteiger partial charge in [0, 0.05) is 36.2 Å². The van der Waals surface area contributed by atoms with E-state index in [-0.39, 0.29) is 11.8 Å². The molecule has 1 atom stereocenters. The number of allylic oxidation sites excluding steroid dienone is 1. The molecule has 1 aliphatic heterocycles. The van der Waals surface area contributed by atoms with E-state index in [1.807, 2.05) is 68.4 Å². The quantitative estimate of drug-likeness (QED) is 0.194. The van der Waals surface area contributed by atoms with Crippen molar-refractivity contribution in [1.29, 1.82) is 0 Å². The van der Waals surface area contributed by atoms with Gasteiger partial charge in [-0.15, -0.1) is 0 Å². The number of hydrogen-bond donors (Lipinski definition) is 1. The number of ether oxygens (including phenoxy) is 5. The minimum atomic E-state index is -0.213. The molecule has 1 fully saturated rings. The number of morpholine rings is 1. The number of rotatable bonds is 10. The maximum Gasteiger partial charge on any atom is 0.256 e. The van der Waals surface area contributed by atoms with Crippen LogP contribution in [0.1, 0.15) is 54.4 Å². The molecule has 0 spiro atoms. The van der Waals surface area contributed by atoms with Gasteiger partial charge in [0.1, 0.15) is 11.5 Å². The molecule has 2 aliphatic rings. The van der Waals surface area contributed by atoms with Gasteiger partial charge in [-0.3, -0.25) is 4.79 Å². The molecule has 1 aromatic heterocycles. The van der Waals surface area contributed by atoms with Crippen molar-refractivity contribution in [3.8, 4) is 23.0 Å². The monoisotopic (exact) mass is 637 g/mol. The Morgan fingerprint density at radius 3 is 2.47 bits per heavy atom. The van der Waals surface area contributed by atoms with Gasteiger partial charge < -0.3 is 33.9 Å². The molecule has 1 aliphatic carbocycles. The number of anilines is 2. The zero-order valence-electron chi connectivity index (χ0n) is 27.9. The maximum absolute atomic E-state index is 14.5. The molecule has 0 saturated carbocycles. The number of methoxy groups -OCH3 is 2. The number of pyridine rings is 1. The van der Waals surface area contributed by atoms with Crippen molar-refractivity contribution in [1.82, 2.24) is 4.98 Å². The van der Waals surface area contributed by atoms with Gasteiger partial charge in [0.05, 0.1) is 68.8 Å². The zero-order valence-corrected chi connectivity index (χ0v) is 27.9. The second-order valence-corrected chi connectivity index (χ2v) is 11.8. The largest absolute Gasteiger partial charge is 0.493 e. The predicted octanol–water partition coefficient (Wildman–Crippen LogP) is 7.26. The van der Waals surface area contributed by atoms with Gasteiger partial charge in [-0.1, -0.05) is 37.3 Å². The molecule has 9 heteroatoms. The van der Waals surface area contributed by atoms with Gasteiger partial charge >= 0.3 is 0 Å². The lowest BCUT2D eigenvalue weighted by Gasteiger charge is -2.31. The summed E-state index contributed by atoms with van der Waals surface area (Å²) < 4.78 is 29.1. The van der Waals surface area contributed by atoms with Crippen LogP contribution in [-0.4, -0.2) is 64.6 Å². The molecule has 1 saturated heterocycles. The van der Waals surface area contributed by atoms with Crippen molar-refractivity contribution in [3.05, 3.63) is 77.0 Å². The Bertz CT molecular complexity index is 1800. The highest BCUT2D eigenvalue weighted by Crippen LogP contribution is 2.43. The van der Waals surface area contributed by atoms with E-state index < -0.39 is 0 Å². The first kappa shape index (κ1) is 32.2. The molecule has 0 unspecified atom stereocenters. The Balaban J connectivity index is 1.47. The van der Waals surface area contributed by atoms with Crippen molar-refractivity contribution in [2.45, 2.75) is 33.6 Å². The van der Waals surface area contributed by atoms with Crippen LogP contribution in [0.3, 0.4) is 0 Å². The van der Waals surface area contributed by atoms with E-state index in [9.17, 15) is 4.79 Å². The summed E-state index contributed by atoms with van der Waals surface area (Å²) in [6, 6.07) is 17.5. The lowest BCUT2D eigenvalue weighted by molar-refractivity contribution is 0.102. The van der Waals surface area contributed by atoms with Gasteiger partial charge in [-0.25, -0.2) is 4.98 Å². The maximum atomic E-state index is 14.5. The van der Waals surface area contributed by atoms with E-state index in [2.05, 4.69) is 23.2 Å². The predicted molar refractivity (Wildman–Crippen MR) is 186 cm³/mol. The van der Waals surface area contributed by atoms with Crippen LogP contribution < -0.4 is 29.2 Å². The first-order chi connectivity index (χ1) is 22.9. The molecule has 0 radical (unpaired) electrons. The standard InChI is InChI=1S/C38H43N3O6/c1-6-46-33-23-31(41-15-17-45-18-16-41)34(47-7-2)22-30(33)40-38(42)35-27-12-8-9-13-29(27)39-36-26(19-24(3)20-28(35)36)21-25-11-10-14-32(43-4)37(25)44-5/h8-14,21-24H,6-7,15-20H2,1-5H3,(H,40,42)/b26-21+/t24-/m1/s1. The Labute approximate surface area is 276 Å². The lowest BCUT2D eigenvalue weighted by atomic mass is 9.80. The first-order valence-corrected chi connectivity index (χ1v) is 16.4. The molecule has 246 valence electrons. The molecule has 47 heavy (non-hydrogen) atoms. The Morgan fingerprint density at radius 1 is 0.957 bits per heavy atom. The zero-order chi connectivity index (χ0) is 32.9. The second kappa shape index (κ2) is 14.3. The van der Waals surface area contributed by atoms with E-state index >= 15 is 0 Å². The van der Waals surface area contributed by atoms with Crippen LogP contribution in [0.5, 0.6) is 23.0 Å². The van der Waals surface area contributed by atoms with Crippen molar-refractivity contribution in [3.63, 3.8) is 0 Å². The van der Waals surface area contributed by atoms with Gasteiger partial charge in [-0.2, -0.15) is 0 Å². The Hall–Kier alpha value is -4.76. The van der Waals surface area contributed by atoms with Crippen LogP contribution in [0.2, 0.25) is 0 Å². The number of hydrogen-bond acceptors (Lipinski definition) is 8. The normalized spacial score (nSPS) is 16.9. The average Bonchev–Trinajstić information content (AvgIpc) is 3.08. The molecule has 3 aromatic carbocycles. The molecule has 0 bridgehead atoms. The minimum Gasteiger partial charge on any atom is -0.493 e. The van der Waals surface area contributed by atoms with Crippen molar-refractivity contribution < 1.29 is 28.5 Å². The number of nitrogens with one attached hydrogen (secondary N) is 1. The van der Waals surface area contributed by atoms with E-state index in [1.54, 1.807) is 14.2 Å². The van der Waals surface area contributed by atoms with Crippen molar-refractivity contribution in [2.75, 3.05) is 64.0 Å². The van der Waals surface area contributed by atoms with Crippen LogP contribution >= 0.6 is 0 Å². The Morgan fingerprint density at radius 2 is 1.72 bits per heavy atom. The summed E-state index contributed by atoms with van der Waals surface area (Å²) >= 11 is 0. The second-order valence-electron chi connectivity index (χ2n) is 11.8. The molecular formula is C38H43N3O6. The number of amides is 1. The van der Waals surface area contributed by atoms with E-state index in [0.717, 1.165) is 64.9 Å². The highest BCUT2D eigenvalue weighted by atomic mass is 16.5. The number of carbonyl (C=O) groups is 1. The molecule has 1 N–H and O–H groups in total. The number of carbonyl (C=O) groups excluding carboxylic acids is 1. The highest BCUT2D eigenvalue weighted by Gasteiger charge is 2.29. The number of aromatic nitrogens is 1. The van der Waals surface area contributed by atoms with E-state index in [0.29, 0.717) is 60.7 Å². The van der Waals surface area contributed by atoms with Crippen LogP contribution in [0.25, 0.3) is 22.6 Å². The van der Waals surface area contributed by atoms with Gasteiger partial charge in [0.2, 0.25) is 0 Å². The molecule has 4 aromatic rings. The summed E-state index contributed by atoms with van der Waals surface area (Å²) in [6.45, 7) is 9.85. The summed E-state index contributed by atoms with van der Waals surface area (Å²) in [5, 5.41) is 4.03. The van der Waals surface area contributed by atoms with Crippen LogP contribution in [0, 0.1) is 5.92 Å². The minimum absolute atomic E-state index is 0.213. The fourth-order valence-corrected chi connectivity index (χ4v) is 6.64. The highest BCUT2D eigenvalue weighted by molar-refractivity contribution is 6.15. The first-order valence-electron chi connectivity index (χ1n) is 16.4. The third-order valence-electron chi connectivity index (χ3n) is 8.67. The van der Waals surface area contributed by atoms with Gasteiger partial charge in [0.25, 0.3) is 5.91 Å². The smallest absolute Gasteiger partial charge is 0.256 e. The van der Waals surface area contributed by atoms with E-state index in [4.69, 9.17) is 28.7 Å². The fourth-order valence-electron chi connectivity index (χ4n) is 6.64. The summed E-state index contributed by atoms with van der Waals surface area (Å²) in [5.74, 6) is 2.69. The SMILES string of the molecule is CCOc1cc(N2CCOCC2)c(OCC)cc1NC(=O)c1c2c(nc3ccccc13)/C(=C/c1cccc(OC)c1OC)C[C@@H](C)C2. The summed E-state index contributed by atoms with van der Waals surface area (Å²) in [5.41, 5.74) is 6.59. The Kier molecular flexibility index (Phi) is 9.82. The number of para-hydroxylation sites is 2. The summed E-state index contributed by atoms with van der Waals surface area (Å²) in [7, 11) is 3.28. The molecular weight excluding hydrogens is 594 g/mol. The summed E-state index contributed by atoms with van der Waals surface area (Å²) in [4.78, 5) is 21.9. The third kappa shape index (κ3) is 6.58. The van der Waals surface area contributed by atoms with Gasteiger partial charge in [0.15, 0.2) is 11.5 Å². The summed E-state index contributed by atoms with van der Waals surface area (Å²) in [6.07, 6.45) is 3.65. The van der Waals surface area contributed by atoms with Crippen molar-refractivity contribution >= 4 is 39.8 Å². The lowest BCUT2D eigenvalue weighted by Crippen LogP contribution is -2.36. The van der Waals surface area contributed by atoms with Crippen LogP contribution in [-0.2, 0) is 11.2 Å². The van der Waals surface area contributed by atoms with Crippen LogP contribution in [0.15, 0.2) is 54.6 Å². The third-order valence-corrected chi connectivity index (χ3v) is 8.67. The molecule has 2 heterocycles. The number of benzene rings is 3. The topological polar surface area (TPSA) is 91.4 Å². The fraction of sp³-hybridized carbons (Fsp3) is 0.368. The van der Waals surface area contributed by atoms with Crippen LogP contribution in [0.4, 0.5) is 11.4 Å². The van der Waals surface area contributed by atoms with E-state index in [1.165, 1.54) is 0 Å². The van der Waals surface area contributed by atoms with Gasteiger partial charge in [-0.05, 0) is 62.0 Å². The molecule has 9 nitrogen and oxygen atoms in total. The molecule has 6 rings (SSSR count). The molecule has 1 amide bonds. The number of fused-ring (bicyclic) bond motifs is 2. The number of nitrogens with zero attached hydrogens (tertiary/aromatic N) is 2. The average molecular weight is 638 g/mol.